The summed E-state index contributed by atoms with van der Waals surface area (Å²) in [6.07, 6.45) is 5.23. The molecule has 3 aromatic heterocycles. The molecule has 5 rings (SSSR count). The maximum atomic E-state index is 13.2. The van der Waals surface area contributed by atoms with Gasteiger partial charge in [-0.15, -0.1) is 0 Å². The van der Waals surface area contributed by atoms with Crippen molar-refractivity contribution in [3.05, 3.63) is 36.0 Å². The van der Waals surface area contributed by atoms with Gasteiger partial charge in [0, 0.05) is 18.7 Å². The largest absolute Gasteiger partial charge is 0.421 e. The van der Waals surface area contributed by atoms with Gasteiger partial charge in [0.25, 0.3) is 0 Å². The van der Waals surface area contributed by atoms with E-state index in [9.17, 15) is 13.2 Å². The van der Waals surface area contributed by atoms with Gasteiger partial charge in [-0.3, -0.25) is 4.68 Å². The first-order chi connectivity index (χ1) is 14.9. The third-order valence-corrected chi connectivity index (χ3v) is 5.68. The van der Waals surface area contributed by atoms with Crippen LogP contribution in [0.25, 0.3) is 0 Å². The average Bonchev–Trinajstić information content (AvgIpc) is 3.21. The van der Waals surface area contributed by atoms with E-state index in [4.69, 9.17) is 0 Å². The van der Waals surface area contributed by atoms with Crippen LogP contribution in [0.15, 0.2) is 24.8 Å². The maximum absolute atomic E-state index is 13.2. The van der Waals surface area contributed by atoms with Crippen LogP contribution in [-0.2, 0) is 6.18 Å². The van der Waals surface area contributed by atoms with Crippen LogP contribution in [0.4, 0.5) is 30.6 Å². The van der Waals surface area contributed by atoms with Crippen molar-refractivity contribution in [2.24, 2.45) is 0 Å². The Bertz CT molecular complexity index is 1050. The van der Waals surface area contributed by atoms with Gasteiger partial charge in [-0.05, 0) is 32.6 Å². The van der Waals surface area contributed by atoms with Gasteiger partial charge in [-0.1, -0.05) is 0 Å². The van der Waals surface area contributed by atoms with Crippen LogP contribution in [0, 0.1) is 0 Å². The summed E-state index contributed by atoms with van der Waals surface area (Å²) in [6, 6.07) is 0.501. The topological polar surface area (TPSA) is 98.4 Å². The Labute approximate surface area is 176 Å². The molecule has 3 heterocycles. The van der Waals surface area contributed by atoms with Crippen molar-refractivity contribution >= 4 is 17.5 Å². The second-order valence-electron chi connectivity index (χ2n) is 7.90. The monoisotopic (exact) mass is 433 g/mol. The Morgan fingerprint density at radius 2 is 1.81 bits per heavy atom. The SMILES string of the molecule is CCNc1nc(Nc2cnn(C3CC(n4nccn4)C3)c2C2CC2)ncc1C(F)(F)F. The summed E-state index contributed by atoms with van der Waals surface area (Å²) in [6.45, 7) is 2.04. The van der Waals surface area contributed by atoms with E-state index in [0.717, 1.165) is 43.3 Å². The van der Waals surface area contributed by atoms with Crippen molar-refractivity contribution in [1.29, 1.82) is 0 Å². The molecule has 164 valence electrons. The van der Waals surface area contributed by atoms with Gasteiger partial charge in [-0.25, -0.2) is 4.98 Å². The number of nitrogens with zero attached hydrogens (tertiary/aromatic N) is 7. The molecule has 2 fully saturated rings. The second kappa shape index (κ2) is 7.50. The van der Waals surface area contributed by atoms with Crippen LogP contribution in [0.1, 0.15) is 61.9 Å². The van der Waals surface area contributed by atoms with Crippen molar-refractivity contribution < 1.29 is 13.2 Å². The van der Waals surface area contributed by atoms with E-state index in [1.165, 1.54) is 0 Å². The number of alkyl halides is 3. The summed E-state index contributed by atoms with van der Waals surface area (Å²) in [7, 11) is 0. The number of hydrogen-bond acceptors (Lipinski definition) is 7. The number of aromatic nitrogens is 7. The van der Waals surface area contributed by atoms with Crippen molar-refractivity contribution in [2.45, 2.75) is 56.8 Å². The van der Waals surface area contributed by atoms with Gasteiger partial charge in [0.15, 0.2) is 0 Å². The van der Waals surface area contributed by atoms with Gasteiger partial charge < -0.3 is 10.6 Å². The first kappa shape index (κ1) is 19.8. The fourth-order valence-corrected chi connectivity index (χ4v) is 3.96. The molecule has 2 aliphatic rings. The summed E-state index contributed by atoms with van der Waals surface area (Å²) in [5, 5.41) is 18.8. The molecule has 2 N–H and O–H groups in total. The van der Waals surface area contributed by atoms with Gasteiger partial charge in [0.1, 0.15) is 11.4 Å². The molecule has 31 heavy (non-hydrogen) atoms. The number of hydrogen-bond donors (Lipinski definition) is 2. The summed E-state index contributed by atoms with van der Waals surface area (Å²) in [5.41, 5.74) is 0.918. The van der Waals surface area contributed by atoms with Crippen molar-refractivity contribution in [2.75, 3.05) is 17.2 Å². The normalized spacial score (nSPS) is 21.0. The highest BCUT2D eigenvalue weighted by Gasteiger charge is 2.39. The minimum absolute atomic E-state index is 0.109. The fourth-order valence-electron chi connectivity index (χ4n) is 3.96. The molecule has 2 aliphatic carbocycles. The summed E-state index contributed by atoms with van der Waals surface area (Å²) in [4.78, 5) is 9.70. The lowest BCUT2D eigenvalue weighted by molar-refractivity contribution is -0.137. The molecule has 9 nitrogen and oxygen atoms in total. The summed E-state index contributed by atoms with van der Waals surface area (Å²) in [5.74, 6) is 0.258. The summed E-state index contributed by atoms with van der Waals surface area (Å²) >= 11 is 0. The average molecular weight is 433 g/mol. The highest BCUT2D eigenvalue weighted by atomic mass is 19.4. The predicted molar refractivity (Wildman–Crippen MR) is 106 cm³/mol. The smallest absolute Gasteiger partial charge is 0.370 e. The van der Waals surface area contributed by atoms with Gasteiger partial charge in [-0.2, -0.15) is 38.2 Å². The molecule has 3 aromatic rings. The van der Waals surface area contributed by atoms with Crippen molar-refractivity contribution in [3.63, 3.8) is 0 Å². The van der Waals surface area contributed by atoms with Crippen LogP contribution >= 0.6 is 0 Å². The van der Waals surface area contributed by atoms with Crippen molar-refractivity contribution in [3.8, 4) is 0 Å². The molecule has 0 atom stereocenters. The minimum atomic E-state index is -4.52. The van der Waals surface area contributed by atoms with E-state index in [2.05, 4.69) is 35.9 Å². The highest BCUT2D eigenvalue weighted by Crippen LogP contribution is 2.48. The standard InChI is InChI=1S/C19H22F3N9/c1-2-23-17-14(19(20,21)22)9-24-18(29-17)28-15-10-27-30(16(15)11-3-4-11)12-7-13(8-12)31-25-5-6-26-31/h5-6,9-13H,2-4,7-8H2,1H3,(H2,23,24,28,29). The van der Waals surface area contributed by atoms with Crippen LogP contribution in [0.3, 0.4) is 0 Å². The predicted octanol–water partition coefficient (Wildman–Crippen LogP) is 3.91. The molecule has 0 amide bonds. The minimum Gasteiger partial charge on any atom is -0.370 e. The fraction of sp³-hybridized carbons (Fsp3) is 0.526. The van der Waals surface area contributed by atoms with Crippen LogP contribution in [0.5, 0.6) is 0 Å². The second-order valence-corrected chi connectivity index (χ2v) is 7.90. The van der Waals surface area contributed by atoms with E-state index < -0.39 is 11.7 Å². The number of nitrogens with one attached hydrogen (secondary N) is 2. The zero-order chi connectivity index (χ0) is 21.6. The molecule has 0 radical (unpaired) electrons. The molecule has 2 saturated carbocycles. The molecule has 0 spiro atoms. The van der Waals surface area contributed by atoms with E-state index in [1.54, 1.807) is 30.3 Å². The molecule has 12 heteroatoms. The highest BCUT2D eigenvalue weighted by molar-refractivity contribution is 5.60. The first-order valence-corrected chi connectivity index (χ1v) is 10.3. The Hall–Kier alpha value is -3.18. The number of anilines is 3. The van der Waals surface area contributed by atoms with Crippen LogP contribution in [0.2, 0.25) is 0 Å². The molecule has 0 unspecified atom stereocenters. The molecule has 0 bridgehead atoms. The van der Waals surface area contributed by atoms with E-state index in [-0.39, 0.29) is 23.8 Å². The number of rotatable bonds is 7. The molecular weight excluding hydrogens is 411 g/mol. The molecule has 0 saturated heterocycles. The van der Waals surface area contributed by atoms with Crippen LogP contribution in [-0.4, -0.2) is 41.3 Å². The first-order valence-electron chi connectivity index (χ1n) is 10.3. The quantitative estimate of drug-likeness (QED) is 0.583. The lowest BCUT2D eigenvalue weighted by atomic mass is 9.87. The van der Waals surface area contributed by atoms with Gasteiger partial charge in [0.05, 0.1) is 42.1 Å². The molecular formula is C19H22F3N9. The van der Waals surface area contributed by atoms with Crippen LogP contribution < -0.4 is 10.6 Å². The van der Waals surface area contributed by atoms with Crippen molar-refractivity contribution in [1.82, 2.24) is 34.7 Å². The zero-order valence-corrected chi connectivity index (χ0v) is 16.8. The van der Waals surface area contributed by atoms with Gasteiger partial charge in [0.2, 0.25) is 5.95 Å². The van der Waals surface area contributed by atoms with E-state index >= 15 is 0 Å². The lowest BCUT2D eigenvalue weighted by Gasteiger charge is -2.35. The zero-order valence-electron chi connectivity index (χ0n) is 16.8. The Balaban J connectivity index is 1.37. The Morgan fingerprint density at radius 1 is 1.06 bits per heavy atom. The third kappa shape index (κ3) is 3.81. The summed E-state index contributed by atoms with van der Waals surface area (Å²) < 4.78 is 41.7. The Kier molecular flexibility index (Phi) is 4.78. The molecule has 0 aromatic carbocycles. The maximum Gasteiger partial charge on any atom is 0.421 e. The number of halogens is 3. The van der Waals surface area contributed by atoms with E-state index in [1.807, 2.05) is 4.68 Å². The third-order valence-electron chi connectivity index (χ3n) is 5.68. The molecule has 0 aliphatic heterocycles. The lowest BCUT2D eigenvalue weighted by Crippen LogP contribution is -2.32. The van der Waals surface area contributed by atoms with E-state index in [0.29, 0.717) is 12.5 Å². The Morgan fingerprint density at radius 3 is 2.45 bits per heavy atom. The van der Waals surface area contributed by atoms with Gasteiger partial charge >= 0.3 is 6.18 Å².